The maximum absolute atomic E-state index is 14.1. The van der Waals surface area contributed by atoms with Crippen molar-refractivity contribution in [1.82, 2.24) is 10.2 Å². The molecule has 0 aliphatic carbocycles. The lowest BCUT2D eigenvalue weighted by molar-refractivity contribution is 0.0374. The van der Waals surface area contributed by atoms with E-state index in [1.807, 2.05) is 0 Å². The molecule has 164 valence electrons. The Morgan fingerprint density at radius 3 is 2.48 bits per heavy atom. The normalized spacial score (nSPS) is 16.1. The molecule has 9 heteroatoms. The van der Waals surface area contributed by atoms with Gasteiger partial charge in [-0.1, -0.05) is 12.1 Å². The van der Waals surface area contributed by atoms with Crippen molar-refractivity contribution in [2.45, 2.75) is 6.42 Å². The third-order valence-corrected chi connectivity index (χ3v) is 5.28. The molecule has 0 unspecified atom stereocenters. The third kappa shape index (κ3) is 4.76. The molecule has 1 N–H and O–H groups in total. The average molecular weight is 448 g/mol. The number of anilines is 1. The number of nitrogens with one attached hydrogen (secondary N) is 1. The zero-order valence-corrected chi connectivity index (χ0v) is 17.6. The number of para-hydroxylation sites is 1. The Bertz CT molecular complexity index is 994. The van der Waals surface area contributed by atoms with Crippen LogP contribution in [0.3, 0.4) is 0 Å². The van der Waals surface area contributed by atoms with E-state index in [1.165, 1.54) is 36.4 Å². The van der Waals surface area contributed by atoms with Gasteiger partial charge in [0.2, 0.25) is 0 Å². The summed E-state index contributed by atoms with van der Waals surface area (Å²) in [6.45, 7) is 4.64. The van der Waals surface area contributed by atoms with Gasteiger partial charge in [0.05, 0.1) is 30.0 Å². The second kappa shape index (κ2) is 10.00. The Morgan fingerprint density at radius 1 is 1.03 bits per heavy atom. The molecular weight excluding hydrogens is 425 g/mol. The van der Waals surface area contributed by atoms with Crippen LogP contribution in [0, 0.1) is 5.82 Å². The summed E-state index contributed by atoms with van der Waals surface area (Å²) >= 11 is 0. The highest BCUT2D eigenvalue weighted by atomic mass is 35.5. The van der Waals surface area contributed by atoms with E-state index in [0.29, 0.717) is 6.54 Å². The van der Waals surface area contributed by atoms with Crippen LogP contribution in [0.1, 0.15) is 37.5 Å². The maximum atomic E-state index is 14.1. The van der Waals surface area contributed by atoms with Gasteiger partial charge in [-0.25, -0.2) is 9.29 Å². The van der Waals surface area contributed by atoms with Crippen LogP contribution in [-0.4, -0.2) is 62.0 Å². The molecular formula is C22H23ClFN3O4. The molecule has 4 rings (SSSR count). The molecule has 3 amide bonds. The molecule has 2 aliphatic heterocycles. The molecule has 2 heterocycles. The Balaban J connectivity index is 0.00000272. The van der Waals surface area contributed by atoms with E-state index >= 15 is 0 Å². The number of amides is 3. The molecule has 1 fully saturated rings. The van der Waals surface area contributed by atoms with Crippen LogP contribution >= 0.6 is 12.4 Å². The summed E-state index contributed by atoms with van der Waals surface area (Å²) in [4.78, 5) is 41.0. The smallest absolute Gasteiger partial charge is 0.266 e. The monoisotopic (exact) mass is 447 g/mol. The van der Waals surface area contributed by atoms with Crippen molar-refractivity contribution in [2.24, 2.45) is 0 Å². The largest absolute Gasteiger partial charge is 0.379 e. The lowest BCUT2D eigenvalue weighted by Crippen LogP contribution is -2.38. The van der Waals surface area contributed by atoms with Crippen LogP contribution in [-0.2, 0) is 4.74 Å². The van der Waals surface area contributed by atoms with Crippen molar-refractivity contribution in [3.63, 3.8) is 0 Å². The standard InChI is InChI=1S/C22H22FN3O4.ClH/c23-18-4-1-2-5-19(18)26-21(28)16-7-6-15(14-17(16)22(26)29)20(27)24-8-3-9-25-10-12-30-13-11-25;/h1-2,4-7,14H,3,8-13H2,(H,24,27);1H. The fraction of sp³-hybridized carbons (Fsp3) is 0.318. The third-order valence-electron chi connectivity index (χ3n) is 5.28. The van der Waals surface area contributed by atoms with E-state index in [1.54, 1.807) is 6.07 Å². The lowest BCUT2D eigenvalue weighted by atomic mass is 10.1. The summed E-state index contributed by atoms with van der Waals surface area (Å²) in [6, 6.07) is 9.95. The molecule has 2 aromatic rings. The number of hydrogen-bond acceptors (Lipinski definition) is 5. The van der Waals surface area contributed by atoms with Gasteiger partial charge >= 0.3 is 0 Å². The van der Waals surface area contributed by atoms with Gasteiger partial charge in [0.25, 0.3) is 17.7 Å². The van der Waals surface area contributed by atoms with E-state index in [9.17, 15) is 18.8 Å². The Labute approximate surface area is 185 Å². The van der Waals surface area contributed by atoms with Crippen LogP contribution in [0.15, 0.2) is 42.5 Å². The first-order valence-corrected chi connectivity index (χ1v) is 9.92. The number of benzene rings is 2. The van der Waals surface area contributed by atoms with Crippen LogP contribution in [0.2, 0.25) is 0 Å². The predicted molar refractivity (Wildman–Crippen MR) is 115 cm³/mol. The van der Waals surface area contributed by atoms with E-state index < -0.39 is 17.6 Å². The van der Waals surface area contributed by atoms with Gasteiger partial charge in [0.1, 0.15) is 5.82 Å². The van der Waals surface area contributed by atoms with Crippen molar-refractivity contribution >= 4 is 35.8 Å². The Kier molecular flexibility index (Phi) is 7.37. The second-order valence-electron chi connectivity index (χ2n) is 7.22. The SMILES string of the molecule is Cl.O=C(NCCCN1CCOCC1)c1ccc2c(c1)C(=O)N(c1ccccc1F)C2=O. The maximum Gasteiger partial charge on any atom is 0.266 e. The van der Waals surface area contributed by atoms with Crippen LogP contribution in [0.25, 0.3) is 0 Å². The molecule has 2 aromatic carbocycles. The zero-order chi connectivity index (χ0) is 21.1. The number of fused-ring (bicyclic) bond motifs is 1. The summed E-state index contributed by atoms with van der Waals surface area (Å²) in [5.41, 5.74) is 0.450. The lowest BCUT2D eigenvalue weighted by Gasteiger charge is -2.26. The molecule has 1 saturated heterocycles. The predicted octanol–water partition coefficient (Wildman–Crippen LogP) is 2.50. The van der Waals surface area contributed by atoms with Crippen molar-refractivity contribution in [3.8, 4) is 0 Å². The highest BCUT2D eigenvalue weighted by Crippen LogP contribution is 2.30. The van der Waals surface area contributed by atoms with Gasteiger partial charge in [0.15, 0.2) is 0 Å². The quantitative estimate of drug-likeness (QED) is 0.543. The Morgan fingerprint density at radius 2 is 1.74 bits per heavy atom. The highest BCUT2D eigenvalue weighted by molar-refractivity contribution is 6.34. The fourth-order valence-corrected chi connectivity index (χ4v) is 3.67. The minimum atomic E-state index is -0.662. The zero-order valence-electron chi connectivity index (χ0n) is 16.8. The van der Waals surface area contributed by atoms with Gasteiger partial charge in [-0.05, 0) is 43.3 Å². The number of ether oxygens (including phenoxy) is 1. The number of hydrogen-bond donors (Lipinski definition) is 1. The topological polar surface area (TPSA) is 79.0 Å². The molecule has 31 heavy (non-hydrogen) atoms. The first-order chi connectivity index (χ1) is 14.6. The number of morpholine rings is 1. The molecule has 0 spiro atoms. The van der Waals surface area contributed by atoms with Crippen LogP contribution in [0.4, 0.5) is 10.1 Å². The van der Waals surface area contributed by atoms with Gasteiger partial charge in [0, 0.05) is 25.2 Å². The first-order valence-electron chi connectivity index (χ1n) is 9.92. The molecule has 0 saturated carbocycles. The number of nitrogens with zero attached hydrogens (tertiary/aromatic N) is 2. The van der Waals surface area contributed by atoms with E-state index in [-0.39, 0.29) is 40.7 Å². The molecule has 7 nitrogen and oxygen atoms in total. The van der Waals surface area contributed by atoms with E-state index in [2.05, 4.69) is 10.2 Å². The highest BCUT2D eigenvalue weighted by Gasteiger charge is 2.38. The summed E-state index contributed by atoms with van der Waals surface area (Å²) in [5, 5.41) is 2.84. The van der Waals surface area contributed by atoms with Crippen molar-refractivity contribution in [2.75, 3.05) is 44.3 Å². The number of carbonyl (C=O) groups excluding carboxylic acids is 3. The molecule has 0 aromatic heterocycles. The number of rotatable bonds is 6. The Hall–Kier alpha value is -2.81. The number of carbonyl (C=O) groups is 3. The van der Waals surface area contributed by atoms with Crippen molar-refractivity contribution in [3.05, 3.63) is 65.0 Å². The van der Waals surface area contributed by atoms with Crippen LogP contribution < -0.4 is 10.2 Å². The summed E-state index contributed by atoms with van der Waals surface area (Å²) in [5.74, 6) is -2.21. The second-order valence-corrected chi connectivity index (χ2v) is 7.22. The van der Waals surface area contributed by atoms with Gasteiger partial charge in [-0.15, -0.1) is 12.4 Å². The summed E-state index contributed by atoms with van der Waals surface area (Å²) in [7, 11) is 0. The molecule has 0 radical (unpaired) electrons. The number of imide groups is 1. The van der Waals surface area contributed by atoms with Crippen molar-refractivity contribution in [1.29, 1.82) is 0 Å². The molecule has 2 aliphatic rings. The molecule has 0 bridgehead atoms. The summed E-state index contributed by atoms with van der Waals surface area (Å²) < 4.78 is 19.4. The van der Waals surface area contributed by atoms with Gasteiger partial charge in [-0.3, -0.25) is 19.3 Å². The minimum absolute atomic E-state index is 0. The first kappa shape index (κ1) is 22.9. The van der Waals surface area contributed by atoms with Crippen molar-refractivity contribution < 1.29 is 23.5 Å². The molecule has 0 atom stereocenters. The average Bonchev–Trinajstić information content (AvgIpc) is 3.02. The fourth-order valence-electron chi connectivity index (χ4n) is 3.67. The van der Waals surface area contributed by atoms with Crippen LogP contribution in [0.5, 0.6) is 0 Å². The minimum Gasteiger partial charge on any atom is -0.379 e. The van der Waals surface area contributed by atoms with E-state index in [0.717, 1.165) is 44.2 Å². The van der Waals surface area contributed by atoms with Gasteiger partial charge in [-0.2, -0.15) is 0 Å². The number of halogens is 2. The van der Waals surface area contributed by atoms with E-state index in [4.69, 9.17) is 4.74 Å². The van der Waals surface area contributed by atoms with Gasteiger partial charge < -0.3 is 10.1 Å². The summed E-state index contributed by atoms with van der Waals surface area (Å²) in [6.07, 6.45) is 0.801.